The normalized spacial score (nSPS) is 18.7. The molecule has 0 saturated carbocycles. The molecule has 2 aliphatic rings. The van der Waals surface area contributed by atoms with Crippen LogP contribution in [0.5, 0.6) is 11.5 Å². The van der Waals surface area contributed by atoms with E-state index in [2.05, 4.69) is 33.4 Å². The molecule has 26 heavy (non-hydrogen) atoms. The molecular weight excluding hydrogens is 396 g/mol. The summed E-state index contributed by atoms with van der Waals surface area (Å²) in [6, 6.07) is 14.2. The van der Waals surface area contributed by atoms with E-state index in [1.54, 1.807) is 0 Å². The predicted molar refractivity (Wildman–Crippen MR) is 104 cm³/mol. The summed E-state index contributed by atoms with van der Waals surface area (Å²) >= 11 is 3.51. The number of anilines is 1. The van der Waals surface area contributed by atoms with Crippen molar-refractivity contribution in [3.8, 4) is 11.5 Å². The van der Waals surface area contributed by atoms with Crippen LogP contribution in [0.1, 0.15) is 18.4 Å². The summed E-state index contributed by atoms with van der Waals surface area (Å²) in [6.45, 7) is 1.85. The van der Waals surface area contributed by atoms with E-state index in [4.69, 9.17) is 9.47 Å². The quantitative estimate of drug-likeness (QED) is 0.803. The van der Waals surface area contributed by atoms with Crippen LogP contribution in [0.15, 0.2) is 46.9 Å². The number of ether oxygens (including phenoxy) is 2. The van der Waals surface area contributed by atoms with Crippen LogP contribution in [-0.2, 0) is 6.42 Å². The standard InChI is InChI=1S/C20H21BrN2O3/c21-16-12-18-19(26-10-9-25-18)13-17(16)22-20(24)23-8-4-7-15(23)11-14-5-2-1-3-6-14/h1-3,5-6,12-13,15H,4,7-11H2,(H,22,24)/t15-/m1/s1. The van der Waals surface area contributed by atoms with Gasteiger partial charge >= 0.3 is 6.03 Å². The van der Waals surface area contributed by atoms with Crippen molar-refractivity contribution in [2.75, 3.05) is 25.1 Å². The molecule has 1 atom stereocenters. The zero-order valence-corrected chi connectivity index (χ0v) is 16.0. The van der Waals surface area contributed by atoms with E-state index in [1.807, 2.05) is 35.2 Å². The Morgan fingerprint density at radius 2 is 1.88 bits per heavy atom. The topological polar surface area (TPSA) is 50.8 Å². The van der Waals surface area contributed by atoms with Crippen molar-refractivity contribution in [2.45, 2.75) is 25.3 Å². The Morgan fingerprint density at radius 1 is 1.15 bits per heavy atom. The molecule has 0 unspecified atom stereocenters. The fraction of sp³-hybridized carbons (Fsp3) is 0.350. The molecule has 4 rings (SSSR count). The molecule has 0 radical (unpaired) electrons. The highest BCUT2D eigenvalue weighted by Crippen LogP contribution is 2.38. The number of likely N-dealkylation sites (tertiary alicyclic amines) is 1. The van der Waals surface area contributed by atoms with E-state index in [-0.39, 0.29) is 12.1 Å². The van der Waals surface area contributed by atoms with Crippen LogP contribution >= 0.6 is 15.9 Å². The van der Waals surface area contributed by atoms with Gasteiger partial charge in [0.1, 0.15) is 13.2 Å². The van der Waals surface area contributed by atoms with Crippen molar-refractivity contribution in [3.63, 3.8) is 0 Å². The smallest absolute Gasteiger partial charge is 0.322 e. The van der Waals surface area contributed by atoms with Crippen molar-refractivity contribution in [3.05, 3.63) is 52.5 Å². The Labute approximate surface area is 161 Å². The van der Waals surface area contributed by atoms with Crippen molar-refractivity contribution in [2.24, 2.45) is 0 Å². The maximum atomic E-state index is 12.9. The first-order chi connectivity index (χ1) is 12.7. The van der Waals surface area contributed by atoms with Crippen LogP contribution in [0.25, 0.3) is 0 Å². The van der Waals surface area contributed by atoms with Gasteiger partial charge in [0.2, 0.25) is 0 Å². The zero-order chi connectivity index (χ0) is 17.9. The monoisotopic (exact) mass is 416 g/mol. The third-order valence-electron chi connectivity index (χ3n) is 4.83. The minimum atomic E-state index is -0.0687. The highest BCUT2D eigenvalue weighted by atomic mass is 79.9. The first kappa shape index (κ1) is 17.2. The van der Waals surface area contributed by atoms with E-state index in [0.29, 0.717) is 30.4 Å². The molecule has 2 heterocycles. The fourth-order valence-electron chi connectivity index (χ4n) is 3.55. The lowest BCUT2D eigenvalue weighted by molar-refractivity contribution is 0.171. The summed E-state index contributed by atoms with van der Waals surface area (Å²) in [5.41, 5.74) is 1.96. The largest absolute Gasteiger partial charge is 0.486 e. The van der Waals surface area contributed by atoms with Gasteiger partial charge in [-0.05, 0) is 40.8 Å². The summed E-state index contributed by atoms with van der Waals surface area (Å²) in [5.74, 6) is 1.36. The molecule has 136 valence electrons. The highest BCUT2D eigenvalue weighted by molar-refractivity contribution is 9.10. The number of hydrogen-bond acceptors (Lipinski definition) is 3. The summed E-state index contributed by atoms with van der Waals surface area (Å²) < 4.78 is 12.0. The van der Waals surface area contributed by atoms with Crippen LogP contribution in [0.3, 0.4) is 0 Å². The lowest BCUT2D eigenvalue weighted by Crippen LogP contribution is -2.39. The third kappa shape index (κ3) is 3.65. The Kier molecular flexibility index (Phi) is 5.02. The number of rotatable bonds is 3. The van der Waals surface area contributed by atoms with Crippen molar-refractivity contribution in [1.82, 2.24) is 4.90 Å². The van der Waals surface area contributed by atoms with Crippen molar-refractivity contribution >= 4 is 27.6 Å². The van der Waals surface area contributed by atoms with Gasteiger partial charge in [0.05, 0.1) is 5.69 Å². The fourth-order valence-corrected chi connectivity index (χ4v) is 3.97. The minimum Gasteiger partial charge on any atom is -0.486 e. The highest BCUT2D eigenvalue weighted by Gasteiger charge is 2.29. The van der Waals surface area contributed by atoms with E-state index in [9.17, 15) is 4.79 Å². The molecule has 1 fully saturated rings. The Bertz CT molecular complexity index is 797. The number of halogens is 1. The van der Waals surface area contributed by atoms with Gasteiger partial charge in [-0.3, -0.25) is 0 Å². The van der Waals surface area contributed by atoms with Gasteiger partial charge in [-0.15, -0.1) is 0 Å². The molecule has 6 heteroatoms. The summed E-state index contributed by atoms with van der Waals surface area (Å²) in [5, 5.41) is 3.02. The van der Waals surface area contributed by atoms with Crippen molar-refractivity contribution < 1.29 is 14.3 Å². The molecule has 0 spiro atoms. The lowest BCUT2D eigenvalue weighted by Gasteiger charge is -2.26. The number of amides is 2. The molecule has 2 aromatic carbocycles. The van der Waals surface area contributed by atoms with Gasteiger partial charge < -0.3 is 19.7 Å². The Balaban J connectivity index is 1.47. The van der Waals surface area contributed by atoms with Crippen LogP contribution in [0.2, 0.25) is 0 Å². The van der Waals surface area contributed by atoms with Gasteiger partial charge in [-0.1, -0.05) is 30.3 Å². The number of carbonyl (C=O) groups excluding carboxylic acids is 1. The number of fused-ring (bicyclic) bond motifs is 1. The van der Waals surface area contributed by atoms with Crippen LogP contribution in [-0.4, -0.2) is 36.7 Å². The molecule has 0 aromatic heterocycles. The molecule has 1 N–H and O–H groups in total. The summed E-state index contributed by atoms with van der Waals surface area (Å²) in [7, 11) is 0. The van der Waals surface area contributed by atoms with Crippen LogP contribution in [0, 0.1) is 0 Å². The minimum absolute atomic E-state index is 0.0687. The second-order valence-electron chi connectivity index (χ2n) is 6.59. The number of nitrogens with zero attached hydrogens (tertiary/aromatic N) is 1. The number of urea groups is 1. The van der Waals surface area contributed by atoms with Gasteiger partial charge in [0, 0.05) is 29.2 Å². The van der Waals surface area contributed by atoms with Gasteiger partial charge in [0.15, 0.2) is 11.5 Å². The number of nitrogens with one attached hydrogen (secondary N) is 1. The van der Waals surface area contributed by atoms with Crippen molar-refractivity contribution in [1.29, 1.82) is 0 Å². The SMILES string of the molecule is O=C(Nc1cc2c(cc1Br)OCCO2)N1CCC[C@@H]1Cc1ccccc1. The van der Waals surface area contributed by atoms with Gasteiger partial charge in [-0.2, -0.15) is 0 Å². The molecule has 0 aliphatic carbocycles. The maximum absolute atomic E-state index is 12.9. The van der Waals surface area contributed by atoms with E-state index in [1.165, 1.54) is 5.56 Å². The molecule has 0 bridgehead atoms. The van der Waals surface area contributed by atoms with Crippen LogP contribution < -0.4 is 14.8 Å². The third-order valence-corrected chi connectivity index (χ3v) is 5.48. The molecule has 2 aliphatic heterocycles. The average Bonchev–Trinajstić information content (AvgIpc) is 3.11. The molecule has 5 nitrogen and oxygen atoms in total. The Hall–Kier alpha value is -2.21. The van der Waals surface area contributed by atoms with E-state index in [0.717, 1.165) is 30.3 Å². The Morgan fingerprint density at radius 3 is 2.65 bits per heavy atom. The first-order valence-corrected chi connectivity index (χ1v) is 9.71. The van der Waals surface area contributed by atoms with Gasteiger partial charge in [0.25, 0.3) is 0 Å². The number of benzene rings is 2. The molecule has 2 aromatic rings. The lowest BCUT2D eigenvalue weighted by atomic mass is 10.0. The summed E-state index contributed by atoms with van der Waals surface area (Å²) in [4.78, 5) is 14.8. The van der Waals surface area contributed by atoms with E-state index < -0.39 is 0 Å². The first-order valence-electron chi connectivity index (χ1n) is 8.91. The molecular formula is C20H21BrN2O3. The summed E-state index contributed by atoms with van der Waals surface area (Å²) in [6.07, 6.45) is 2.95. The second-order valence-corrected chi connectivity index (χ2v) is 7.44. The van der Waals surface area contributed by atoms with E-state index >= 15 is 0 Å². The second kappa shape index (κ2) is 7.58. The zero-order valence-electron chi connectivity index (χ0n) is 14.4. The average molecular weight is 417 g/mol. The maximum Gasteiger partial charge on any atom is 0.322 e. The van der Waals surface area contributed by atoms with Gasteiger partial charge in [-0.25, -0.2) is 4.79 Å². The predicted octanol–water partition coefficient (Wildman–Crippen LogP) is 4.46. The molecule has 2 amide bonds. The number of carbonyl (C=O) groups is 1. The van der Waals surface area contributed by atoms with Crippen LogP contribution in [0.4, 0.5) is 10.5 Å². The number of hydrogen-bond donors (Lipinski definition) is 1. The molecule has 1 saturated heterocycles.